The van der Waals surface area contributed by atoms with Crippen molar-refractivity contribution in [3.8, 4) is 0 Å². The number of amides is 2. The number of hydrogen-bond acceptors (Lipinski definition) is 2. The van der Waals surface area contributed by atoms with Gasteiger partial charge < -0.3 is 15.3 Å². The van der Waals surface area contributed by atoms with Gasteiger partial charge in [0.25, 0.3) is 0 Å². The largest absolute Gasteiger partial charge is 0.481 e. The highest BCUT2D eigenvalue weighted by Crippen LogP contribution is 2.23. The fourth-order valence-corrected chi connectivity index (χ4v) is 3.09. The van der Waals surface area contributed by atoms with Crippen LogP contribution in [0.15, 0.2) is 0 Å². The average molecular weight is 284 g/mol. The van der Waals surface area contributed by atoms with Crippen molar-refractivity contribution in [2.75, 3.05) is 6.54 Å². The molecule has 0 saturated carbocycles. The number of carbonyl (C=O) groups is 2. The number of carboxylic acid groups (broad SMARTS) is 1. The molecule has 1 aliphatic rings. The van der Waals surface area contributed by atoms with Crippen LogP contribution >= 0.6 is 0 Å². The number of rotatable bonds is 5. The number of piperidine rings is 1. The summed E-state index contributed by atoms with van der Waals surface area (Å²) >= 11 is 0. The third-order valence-corrected chi connectivity index (χ3v) is 4.59. The Balaban J connectivity index is 2.54. The molecule has 0 spiro atoms. The molecule has 2 N–H and O–H groups in total. The molecule has 1 fully saturated rings. The summed E-state index contributed by atoms with van der Waals surface area (Å²) in [6.45, 7) is 8.77. The number of likely N-dealkylation sites (tertiary alicyclic amines) is 1. The first-order valence-corrected chi connectivity index (χ1v) is 7.70. The van der Waals surface area contributed by atoms with Crippen LogP contribution < -0.4 is 5.32 Å². The Hall–Kier alpha value is -1.26. The molecule has 0 aliphatic carbocycles. The Morgan fingerprint density at radius 3 is 2.40 bits per heavy atom. The second-order valence-corrected chi connectivity index (χ2v) is 5.92. The van der Waals surface area contributed by atoms with Gasteiger partial charge in [-0.15, -0.1) is 0 Å². The zero-order valence-corrected chi connectivity index (χ0v) is 13.1. The van der Waals surface area contributed by atoms with E-state index in [0.717, 1.165) is 12.8 Å². The number of aliphatic carboxylic acids is 1. The third kappa shape index (κ3) is 4.12. The fraction of sp³-hybridized carbons (Fsp3) is 0.867. The number of carbonyl (C=O) groups excluding carboxylic acids is 1. The van der Waals surface area contributed by atoms with Crippen molar-refractivity contribution in [3.63, 3.8) is 0 Å². The van der Waals surface area contributed by atoms with Crippen LogP contribution in [0, 0.1) is 11.8 Å². The molecule has 3 atom stereocenters. The van der Waals surface area contributed by atoms with Gasteiger partial charge in [0.1, 0.15) is 0 Å². The predicted octanol–water partition coefficient (Wildman–Crippen LogP) is 2.71. The molecule has 5 nitrogen and oxygen atoms in total. The van der Waals surface area contributed by atoms with Gasteiger partial charge in [0, 0.05) is 18.6 Å². The SMILES string of the molecule is CCC(CC)C(C)NC(=O)N1CCC(C(=O)O)CC1C. The van der Waals surface area contributed by atoms with Gasteiger partial charge in [-0.3, -0.25) is 4.79 Å². The molecule has 5 heteroatoms. The van der Waals surface area contributed by atoms with Crippen molar-refractivity contribution in [3.05, 3.63) is 0 Å². The van der Waals surface area contributed by atoms with Gasteiger partial charge in [0.05, 0.1) is 5.92 Å². The Kier molecular flexibility index (Phi) is 6.30. The van der Waals surface area contributed by atoms with E-state index in [1.54, 1.807) is 4.90 Å². The Labute approximate surface area is 121 Å². The van der Waals surface area contributed by atoms with Crippen molar-refractivity contribution >= 4 is 12.0 Å². The number of urea groups is 1. The van der Waals surface area contributed by atoms with Gasteiger partial charge in [-0.2, -0.15) is 0 Å². The van der Waals surface area contributed by atoms with E-state index in [-0.39, 0.29) is 24.0 Å². The van der Waals surface area contributed by atoms with Gasteiger partial charge in [0.15, 0.2) is 0 Å². The summed E-state index contributed by atoms with van der Waals surface area (Å²) in [4.78, 5) is 25.1. The summed E-state index contributed by atoms with van der Waals surface area (Å²) < 4.78 is 0. The highest BCUT2D eigenvalue weighted by molar-refractivity contribution is 5.76. The first kappa shape index (κ1) is 16.8. The van der Waals surface area contributed by atoms with Crippen LogP contribution in [0.3, 0.4) is 0 Å². The summed E-state index contributed by atoms with van der Waals surface area (Å²) in [5.41, 5.74) is 0. The van der Waals surface area contributed by atoms with Crippen molar-refractivity contribution < 1.29 is 14.7 Å². The monoisotopic (exact) mass is 284 g/mol. The third-order valence-electron chi connectivity index (χ3n) is 4.59. The van der Waals surface area contributed by atoms with E-state index in [1.807, 2.05) is 13.8 Å². The first-order valence-electron chi connectivity index (χ1n) is 7.70. The molecular formula is C15H28N2O3. The van der Waals surface area contributed by atoms with Crippen LogP contribution in [0.4, 0.5) is 4.79 Å². The van der Waals surface area contributed by atoms with E-state index >= 15 is 0 Å². The zero-order chi connectivity index (χ0) is 15.3. The Bertz CT molecular complexity index is 342. The molecule has 20 heavy (non-hydrogen) atoms. The van der Waals surface area contributed by atoms with E-state index in [9.17, 15) is 9.59 Å². The van der Waals surface area contributed by atoms with Crippen LogP contribution in [0.2, 0.25) is 0 Å². The highest BCUT2D eigenvalue weighted by Gasteiger charge is 2.32. The van der Waals surface area contributed by atoms with Crippen molar-refractivity contribution in [1.29, 1.82) is 0 Å². The maximum Gasteiger partial charge on any atom is 0.317 e. The molecule has 0 aromatic heterocycles. The van der Waals surface area contributed by atoms with Crippen LogP contribution in [0.1, 0.15) is 53.4 Å². The minimum atomic E-state index is -0.748. The molecule has 0 aromatic carbocycles. The molecular weight excluding hydrogens is 256 g/mol. The van der Waals surface area contributed by atoms with E-state index in [4.69, 9.17) is 5.11 Å². The number of nitrogens with one attached hydrogen (secondary N) is 1. The minimum absolute atomic E-state index is 0.0150. The molecule has 2 amide bonds. The van der Waals surface area contributed by atoms with Gasteiger partial charge >= 0.3 is 12.0 Å². The summed E-state index contributed by atoms with van der Waals surface area (Å²) in [6.07, 6.45) is 3.19. The summed E-state index contributed by atoms with van der Waals surface area (Å²) in [6, 6.07) is 0.0846. The smallest absolute Gasteiger partial charge is 0.317 e. The molecule has 0 bridgehead atoms. The van der Waals surface area contributed by atoms with Crippen molar-refractivity contribution in [1.82, 2.24) is 10.2 Å². The topological polar surface area (TPSA) is 69.6 Å². The second kappa shape index (κ2) is 7.50. The standard InChI is InChI=1S/C15H28N2O3/c1-5-12(6-2)11(4)16-15(20)17-8-7-13(14(18)19)9-10(17)3/h10-13H,5-9H2,1-4H3,(H,16,20)(H,18,19). The normalized spacial score (nSPS) is 24.6. The molecule has 116 valence electrons. The lowest BCUT2D eigenvalue weighted by molar-refractivity contribution is -0.143. The number of nitrogens with zero attached hydrogens (tertiary/aromatic N) is 1. The number of carboxylic acids is 1. The fourth-order valence-electron chi connectivity index (χ4n) is 3.09. The predicted molar refractivity (Wildman–Crippen MR) is 78.6 cm³/mol. The van der Waals surface area contributed by atoms with Crippen molar-refractivity contribution in [2.24, 2.45) is 11.8 Å². The lowest BCUT2D eigenvalue weighted by Crippen LogP contribution is -2.52. The lowest BCUT2D eigenvalue weighted by Gasteiger charge is -2.37. The van der Waals surface area contributed by atoms with Crippen molar-refractivity contribution in [2.45, 2.75) is 65.5 Å². The molecule has 0 radical (unpaired) electrons. The van der Waals surface area contributed by atoms with Crippen LogP contribution in [-0.4, -0.2) is 40.6 Å². The van der Waals surface area contributed by atoms with E-state index in [0.29, 0.717) is 25.3 Å². The average Bonchev–Trinajstić information content (AvgIpc) is 2.39. The molecule has 1 saturated heterocycles. The highest BCUT2D eigenvalue weighted by atomic mass is 16.4. The van der Waals surface area contributed by atoms with Gasteiger partial charge in [-0.05, 0) is 32.6 Å². The maximum atomic E-state index is 12.3. The van der Waals surface area contributed by atoms with E-state index in [1.165, 1.54) is 0 Å². The Morgan fingerprint density at radius 2 is 1.95 bits per heavy atom. The summed E-state index contributed by atoms with van der Waals surface area (Å²) in [5, 5.41) is 12.1. The van der Waals surface area contributed by atoms with Crippen LogP contribution in [0.25, 0.3) is 0 Å². The molecule has 1 rings (SSSR count). The molecule has 1 heterocycles. The molecule has 3 unspecified atom stereocenters. The Morgan fingerprint density at radius 1 is 1.35 bits per heavy atom. The quantitative estimate of drug-likeness (QED) is 0.815. The minimum Gasteiger partial charge on any atom is -0.481 e. The van der Waals surface area contributed by atoms with Gasteiger partial charge in [-0.25, -0.2) is 4.79 Å². The molecule has 1 aliphatic heterocycles. The molecule has 0 aromatic rings. The first-order chi connectivity index (χ1) is 9.40. The van der Waals surface area contributed by atoms with E-state index in [2.05, 4.69) is 19.2 Å². The van der Waals surface area contributed by atoms with Gasteiger partial charge in [0.2, 0.25) is 0 Å². The summed E-state index contributed by atoms with van der Waals surface area (Å²) in [7, 11) is 0. The van der Waals surface area contributed by atoms with E-state index < -0.39 is 5.97 Å². The lowest BCUT2D eigenvalue weighted by atomic mass is 9.92. The summed E-state index contributed by atoms with van der Waals surface area (Å²) in [5.74, 6) is -0.571. The maximum absolute atomic E-state index is 12.3. The zero-order valence-electron chi connectivity index (χ0n) is 13.1. The van der Waals surface area contributed by atoms with Gasteiger partial charge in [-0.1, -0.05) is 26.7 Å². The van der Waals surface area contributed by atoms with Crippen LogP contribution in [0.5, 0.6) is 0 Å². The number of hydrogen-bond donors (Lipinski definition) is 2. The van der Waals surface area contributed by atoms with Crippen LogP contribution in [-0.2, 0) is 4.79 Å². The second-order valence-electron chi connectivity index (χ2n) is 5.92.